The molecule has 0 bridgehead atoms. The lowest BCUT2D eigenvalue weighted by atomic mass is 9.97. The Labute approximate surface area is 181 Å². The first kappa shape index (κ1) is 20.7. The van der Waals surface area contributed by atoms with Gasteiger partial charge in [-0.15, -0.1) is 0 Å². The summed E-state index contributed by atoms with van der Waals surface area (Å²) in [5, 5.41) is 21.3. The van der Waals surface area contributed by atoms with Gasteiger partial charge in [-0.3, -0.25) is 0 Å². The Bertz CT molecular complexity index is 1030. The van der Waals surface area contributed by atoms with Gasteiger partial charge < -0.3 is 19.8 Å². The average Bonchev–Trinajstić information content (AvgIpc) is 3.22. The predicted octanol–water partition coefficient (Wildman–Crippen LogP) is 4.28. The van der Waals surface area contributed by atoms with E-state index in [1.165, 1.54) is 0 Å². The highest BCUT2D eigenvalue weighted by Gasteiger charge is 2.27. The first-order valence-electron chi connectivity index (χ1n) is 10.1. The number of aromatic nitrogens is 1. The van der Waals surface area contributed by atoms with Crippen LogP contribution >= 0.6 is 11.6 Å². The van der Waals surface area contributed by atoms with Gasteiger partial charge in [-0.1, -0.05) is 47.5 Å². The van der Waals surface area contributed by atoms with Crippen LogP contribution in [0.25, 0.3) is 0 Å². The van der Waals surface area contributed by atoms with E-state index in [2.05, 4.69) is 9.88 Å². The zero-order chi connectivity index (χ0) is 21.1. The maximum absolute atomic E-state index is 10.8. The summed E-state index contributed by atoms with van der Waals surface area (Å²) in [4.78, 5) is 6.39. The lowest BCUT2D eigenvalue weighted by Crippen LogP contribution is -2.25. The molecule has 1 aromatic heterocycles. The molecule has 1 aliphatic rings. The number of aliphatic hydroxyl groups excluding tert-OH is 2. The summed E-state index contributed by atoms with van der Waals surface area (Å²) in [5.74, 6) is 0.449. The fourth-order valence-electron chi connectivity index (χ4n) is 3.90. The molecule has 1 fully saturated rings. The van der Waals surface area contributed by atoms with E-state index in [0.29, 0.717) is 17.4 Å². The lowest BCUT2D eigenvalue weighted by molar-refractivity contribution is 0.216. The topological polar surface area (TPSA) is 65.8 Å². The van der Waals surface area contributed by atoms with Crippen LogP contribution in [-0.2, 0) is 6.61 Å². The van der Waals surface area contributed by atoms with Gasteiger partial charge in [0.1, 0.15) is 17.2 Å². The Balaban J connectivity index is 1.50. The second-order valence-corrected chi connectivity index (χ2v) is 8.04. The van der Waals surface area contributed by atoms with Crippen molar-refractivity contribution in [2.45, 2.75) is 32.2 Å². The van der Waals surface area contributed by atoms with E-state index >= 15 is 0 Å². The SMILES string of the molecule is Cc1cccc(C(O)c2ccc(N3CC[C@H](Oc4ncccc4Cl)C3)c(CO)c2)c1. The van der Waals surface area contributed by atoms with Crippen LogP contribution in [-0.4, -0.2) is 34.4 Å². The first-order valence-corrected chi connectivity index (χ1v) is 10.4. The normalized spacial score (nSPS) is 17.2. The van der Waals surface area contributed by atoms with E-state index in [9.17, 15) is 10.2 Å². The molecule has 0 aliphatic carbocycles. The second-order valence-electron chi connectivity index (χ2n) is 7.63. The summed E-state index contributed by atoms with van der Waals surface area (Å²) < 4.78 is 5.98. The molecular formula is C24H25ClN2O3. The summed E-state index contributed by atoms with van der Waals surface area (Å²) in [5.41, 5.74) is 4.45. The summed E-state index contributed by atoms with van der Waals surface area (Å²) in [6, 6.07) is 17.1. The van der Waals surface area contributed by atoms with Gasteiger partial charge in [0.2, 0.25) is 5.88 Å². The third-order valence-corrected chi connectivity index (χ3v) is 5.72. The van der Waals surface area contributed by atoms with Crippen LogP contribution in [0.3, 0.4) is 0 Å². The van der Waals surface area contributed by atoms with E-state index in [1.807, 2.05) is 49.4 Å². The number of anilines is 1. The first-order chi connectivity index (χ1) is 14.5. The van der Waals surface area contributed by atoms with Gasteiger partial charge in [-0.2, -0.15) is 0 Å². The van der Waals surface area contributed by atoms with Crippen molar-refractivity contribution in [3.63, 3.8) is 0 Å². The van der Waals surface area contributed by atoms with Crippen molar-refractivity contribution < 1.29 is 14.9 Å². The minimum absolute atomic E-state index is 0.0264. The standard InChI is InChI=1S/C24H25ClN2O3/c1-16-4-2-5-17(12-16)23(29)18-7-8-22(19(13-18)15-28)27-11-9-20(14-27)30-24-21(25)6-3-10-26-24/h2-8,10,12-13,20,23,28-29H,9,11,14-15H2,1H3/t20-,23?/m0/s1. The van der Waals surface area contributed by atoms with Gasteiger partial charge in [0, 0.05) is 30.4 Å². The van der Waals surface area contributed by atoms with E-state index in [-0.39, 0.29) is 12.7 Å². The quantitative estimate of drug-likeness (QED) is 0.618. The van der Waals surface area contributed by atoms with Crippen LogP contribution in [0.2, 0.25) is 5.02 Å². The molecule has 5 nitrogen and oxygen atoms in total. The van der Waals surface area contributed by atoms with Crippen molar-refractivity contribution in [1.29, 1.82) is 0 Å². The molecule has 0 amide bonds. The third-order valence-electron chi connectivity index (χ3n) is 5.44. The van der Waals surface area contributed by atoms with Gasteiger partial charge >= 0.3 is 0 Å². The van der Waals surface area contributed by atoms with Gasteiger partial charge in [-0.25, -0.2) is 4.98 Å². The average molecular weight is 425 g/mol. The number of ether oxygens (including phenoxy) is 1. The summed E-state index contributed by atoms with van der Waals surface area (Å²) in [6.45, 7) is 3.39. The second kappa shape index (κ2) is 9.04. The Hall–Kier alpha value is -2.60. The van der Waals surface area contributed by atoms with Gasteiger partial charge in [0.05, 0.1) is 13.2 Å². The highest BCUT2D eigenvalue weighted by molar-refractivity contribution is 6.31. The van der Waals surface area contributed by atoms with Crippen molar-refractivity contribution in [1.82, 2.24) is 4.98 Å². The van der Waals surface area contributed by atoms with Crippen molar-refractivity contribution >= 4 is 17.3 Å². The predicted molar refractivity (Wildman–Crippen MR) is 118 cm³/mol. The largest absolute Gasteiger partial charge is 0.471 e. The molecule has 0 radical (unpaired) electrons. The fraction of sp³-hybridized carbons (Fsp3) is 0.292. The number of hydrogen-bond donors (Lipinski definition) is 2. The van der Waals surface area contributed by atoms with Crippen molar-refractivity contribution in [3.8, 4) is 5.88 Å². The highest BCUT2D eigenvalue weighted by atomic mass is 35.5. The third kappa shape index (κ3) is 4.43. The monoisotopic (exact) mass is 424 g/mol. The van der Waals surface area contributed by atoms with Crippen LogP contribution in [0.4, 0.5) is 5.69 Å². The molecule has 1 unspecified atom stereocenters. The fourth-order valence-corrected chi connectivity index (χ4v) is 4.07. The molecule has 4 rings (SSSR count). The Morgan fingerprint density at radius 3 is 2.77 bits per heavy atom. The number of halogens is 1. The minimum atomic E-state index is -0.731. The van der Waals surface area contributed by atoms with Crippen LogP contribution in [0.1, 0.15) is 34.8 Å². The van der Waals surface area contributed by atoms with E-state index in [4.69, 9.17) is 16.3 Å². The Morgan fingerprint density at radius 2 is 2.00 bits per heavy atom. The molecule has 0 saturated carbocycles. The van der Waals surface area contributed by atoms with E-state index in [0.717, 1.165) is 40.9 Å². The molecule has 2 aromatic carbocycles. The molecule has 6 heteroatoms. The number of hydrogen-bond acceptors (Lipinski definition) is 5. The molecule has 156 valence electrons. The maximum atomic E-state index is 10.8. The van der Waals surface area contributed by atoms with Crippen LogP contribution in [0, 0.1) is 6.92 Å². The van der Waals surface area contributed by atoms with Crippen LogP contribution in [0.15, 0.2) is 60.8 Å². The zero-order valence-electron chi connectivity index (χ0n) is 16.8. The molecule has 2 atom stereocenters. The minimum Gasteiger partial charge on any atom is -0.471 e. The van der Waals surface area contributed by atoms with Crippen molar-refractivity contribution in [2.75, 3.05) is 18.0 Å². The smallest absolute Gasteiger partial charge is 0.232 e. The molecule has 0 spiro atoms. The number of aryl methyl sites for hydroxylation is 1. The van der Waals surface area contributed by atoms with Crippen molar-refractivity contribution in [2.24, 2.45) is 0 Å². The number of rotatable bonds is 6. The number of benzene rings is 2. The van der Waals surface area contributed by atoms with Gasteiger partial charge in [0.15, 0.2) is 0 Å². The number of nitrogens with zero attached hydrogens (tertiary/aromatic N) is 2. The Kier molecular flexibility index (Phi) is 6.23. The van der Waals surface area contributed by atoms with Crippen LogP contribution < -0.4 is 9.64 Å². The van der Waals surface area contributed by atoms with E-state index in [1.54, 1.807) is 18.3 Å². The summed E-state index contributed by atoms with van der Waals surface area (Å²) in [6.07, 6.45) is 1.74. The van der Waals surface area contributed by atoms with Gasteiger partial charge in [-0.05, 0) is 42.3 Å². The number of aliphatic hydroxyl groups is 2. The molecule has 30 heavy (non-hydrogen) atoms. The summed E-state index contributed by atoms with van der Waals surface area (Å²) >= 11 is 6.15. The molecule has 2 N–H and O–H groups in total. The van der Waals surface area contributed by atoms with E-state index < -0.39 is 6.10 Å². The molecule has 2 heterocycles. The number of pyridine rings is 1. The molecule has 1 aliphatic heterocycles. The molecule has 1 saturated heterocycles. The zero-order valence-corrected chi connectivity index (χ0v) is 17.6. The van der Waals surface area contributed by atoms with Crippen molar-refractivity contribution in [3.05, 3.63) is 88.1 Å². The Morgan fingerprint density at radius 1 is 1.17 bits per heavy atom. The van der Waals surface area contributed by atoms with Crippen LogP contribution in [0.5, 0.6) is 5.88 Å². The van der Waals surface area contributed by atoms with Gasteiger partial charge in [0.25, 0.3) is 0 Å². The molecular weight excluding hydrogens is 400 g/mol. The highest BCUT2D eigenvalue weighted by Crippen LogP contribution is 2.32. The maximum Gasteiger partial charge on any atom is 0.232 e. The summed E-state index contributed by atoms with van der Waals surface area (Å²) in [7, 11) is 0. The lowest BCUT2D eigenvalue weighted by Gasteiger charge is -2.23. The molecule has 3 aromatic rings.